The van der Waals surface area contributed by atoms with Crippen LogP contribution in [0.25, 0.3) is 26.4 Å². The van der Waals surface area contributed by atoms with Gasteiger partial charge in [0.2, 0.25) is 0 Å². The topological polar surface area (TPSA) is 81.0 Å². The number of aryl methyl sites for hydroxylation is 1. The number of ether oxygens (including phenoxy) is 1. The van der Waals surface area contributed by atoms with Gasteiger partial charge in [-0.3, -0.25) is 4.40 Å². The number of thiazole rings is 1. The molecule has 1 aromatic carbocycles. The second-order valence-corrected chi connectivity index (χ2v) is 8.37. The fourth-order valence-corrected chi connectivity index (χ4v) is 5.01. The summed E-state index contributed by atoms with van der Waals surface area (Å²) in [7, 11) is 3.46. The molecule has 4 heterocycles. The van der Waals surface area contributed by atoms with Gasteiger partial charge in [0.25, 0.3) is 6.71 Å². The monoisotopic (exact) mass is 390 g/mol. The van der Waals surface area contributed by atoms with Crippen molar-refractivity contribution in [3.63, 3.8) is 0 Å². The van der Waals surface area contributed by atoms with E-state index in [4.69, 9.17) is 15.0 Å². The van der Waals surface area contributed by atoms with E-state index in [0.717, 1.165) is 63.4 Å². The molecule has 5 rings (SSSR count). The Balaban J connectivity index is 1.47. The van der Waals surface area contributed by atoms with Gasteiger partial charge in [-0.15, -0.1) is 5.10 Å². The minimum Gasteiger partial charge on any atom is -0.494 e. The van der Waals surface area contributed by atoms with Crippen LogP contribution in [0.1, 0.15) is 24.5 Å². The van der Waals surface area contributed by atoms with Crippen LogP contribution in [0.15, 0.2) is 24.5 Å². The molecule has 0 atom stereocenters. The van der Waals surface area contributed by atoms with E-state index in [2.05, 4.69) is 33.0 Å². The number of aromatic nitrogens is 5. The number of imidazole rings is 1. The number of hydrogen-bond acceptors (Lipinski definition) is 6. The molecule has 1 aliphatic heterocycles. The molecule has 0 bridgehead atoms. The zero-order chi connectivity index (χ0) is 19.3. The maximum Gasteiger partial charge on any atom is 0.267 e. The molecule has 1 fully saturated rings. The minimum atomic E-state index is 0.220. The van der Waals surface area contributed by atoms with Gasteiger partial charge in [-0.25, -0.2) is 10.2 Å². The Bertz CT molecular complexity index is 1180. The lowest BCUT2D eigenvalue weighted by Crippen LogP contribution is -2.18. The molecule has 0 spiro atoms. The second-order valence-electron chi connectivity index (χ2n) is 7.36. The van der Waals surface area contributed by atoms with Crippen LogP contribution in [0, 0.1) is 11.2 Å². The van der Waals surface area contributed by atoms with E-state index in [1.54, 1.807) is 23.2 Å². The normalized spacial score (nSPS) is 15.4. The highest BCUT2D eigenvalue weighted by Crippen LogP contribution is 2.37. The lowest BCUT2D eigenvalue weighted by atomic mass is 9.41. The van der Waals surface area contributed by atoms with Gasteiger partial charge in [0.05, 0.1) is 17.7 Å². The first-order valence-electron chi connectivity index (χ1n) is 9.42. The lowest BCUT2D eigenvalue weighted by Gasteiger charge is -2.21. The summed E-state index contributed by atoms with van der Waals surface area (Å²) in [5.74, 6) is 3.59. The standard InChI is InChI=1S/C19H19BN6OS/c1-25-23-14-7-13(8-16(27-2)18(14)24-25)17-10-26-9-15(22-19(26)28-17)12-3-5-20(11-21)6-4-12/h7-10,12H,3-6H2,1-2H3. The molecule has 3 aromatic heterocycles. The van der Waals surface area contributed by atoms with E-state index in [1.807, 2.05) is 19.2 Å². The Labute approximate surface area is 166 Å². The average molecular weight is 390 g/mol. The van der Waals surface area contributed by atoms with Crippen LogP contribution >= 0.6 is 11.3 Å². The smallest absolute Gasteiger partial charge is 0.267 e. The Morgan fingerprint density at radius 2 is 2.07 bits per heavy atom. The molecule has 0 aliphatic carbocycles. The Kier molecular flexibility index (Phi) is 4.09. The molecule has 9 heteroatoms. The summed E-state index contributed by atoms with van der Waals surface area (Å²) in [5.41, 5.74) is 3.79. The van der Waals surface area contributed by atoms with E-state index in [1.165, 1.54) is 0 Å². The van der Waals surface area contributed by atoms with Crippen LogP contribution < -0.4 is 4.74 Å². The maximum atomic E-state index is 9.09. The third kappa shape index (κ3) is 2.85. The highest BCUT2D eigenvalue weighted by atomic mass is 32.1. The third-order valence-corrected chi connectivity index (χ3v) is 6.60. The Morgan fingerprint density at radius 3 is 2.79 bits per heavy atom. The summed E-state index contributed by atoms with van der Waals surface area (Å²) in [6, 6.07) is 4.05. The van der Waals surface area contributed by atoms with Crippen LogP contribution in [0.3, 0.4) is 0 Å². The zero-order valence-corrected chi connectivity index (χ0v) is 16.6. The summed E-state index contributed by atoms with van der Waals surface area (Å²) in [5, 5.41) is 17.9. The molecule has 1 saturated heterocycles. The molecule has 0 amide bonds. The minimum absolute atomic E-state index is 0.220. The van der Waals surface area contributed by atoms with E-state index >= 15 is 0 Å². The number of fused-ring (bicyclic) bond motifs is 2. The van der Waals surface area contributed by atoms with E-state index in [0.29, 0.717) is 5.92 Å². The zero-order valence-electron chi connectivity index (χ0n) is 15.8. The van der Waals surface area contributed by atoms with Crippen LogP contribution in [-0.4, -0.2) is 38.2 Å². The molecule has 4 aromatic rings. The predicted molar refractivity (Wildman–Crippen MR) is 110 cm³/mol. The SMILES string of the molecule is COc1cc(-c2cn3cc(C4CCB(C#N)CC4)nc3s2)cc2nn(C)nc12. The number of nitrogens with zero attached hydrogens (tertiary/aromatic N) is 6. The van der Waals surface area contributed by atoms with Gasteiger partial charge in [0, 0.05) is 31.3 Å². The molecule has 0 radical (unpaired) electrons. The summed E-state index contributed by atoms with van der Waals surface area (Å²) in [6.07, 6.45) is 8.33. The second kappa shape index (κ2) is 6.64. The summed E-state index contributed by atoms with van der Waals surface area (Å²) < 4.78 is 7.63. The first-order valence-corrected chi connectivity index (χ1v) is 10.2. The lowest BCUT2D eigenvalue weighted by molar-refractivity contribution is 0.418. The quantitative estimate of drug-likeness (QED) is 0.497. The first kappa shape index (κ1) is 17.3. The van der Waals surface area contributed by atoms with E-state index < -0.39 is 0 Å². The van der Waals surface area contributed by atoms with Crippen molar-refractivity contribution in [1.82, 2.24) is 24.4 Å². The largest absolute Gasteiger partial charge is 0.494 e. The van der Waals surface area contributed by atoms with Crippen molar-refractivity contribution in [2.75, 3.05) is 7.11 Å². The van der Waals surface area contributed by atoms with Gasteiger partial charge in [-0.2, -0.15) is 9.90 Å². The van der Waals surface area contributed by atoms with Gasteiger partial charge >= 0.3 is 0 Å². The molecule has 0 unspecified atom stereocenters. The molecule has 1 aliphatic rings. The van der Waals surface area contributed by atoms with Crippen molar-refractivity contribution in [2.24, 2.45) is 7.05 Å². The van der Waals surface area contributed by atoms with Crippen molar-refractivity contribution >= 4 is 34.0 Å². The molecule has 28 heavy (non-hydrogen) atoms. The number of hydrogen-bond donors (Lipinski definition) is 0. The highest BCUT2D eigenvalue weighted by Gasteiger charge is 2.27. The number of nitriles is 1. The number of benzene rings is 1. The fraction of sp³-hybridized carbons (Fsp3) is 0.368. The van der Waals surface area contributed by atoms with E-state index in [-0.39, 0.29) is 6.71 Å². The first-order chi connectivity index (χ1) is 13.6. The van der Waals surface area contributed by atoms with Gasteiger partial charge < -0.3 is 4.74 Å². The van der Waals surface area contributed by atoms with Crippen molar-refractivity contribution in [3.8, 4) is 22.2 Å². The fourth-order valence-electron chi connectivity index (χ4n) is 4.05. The molecular formula is C19H19BN6OS. The van der Waals surface area contributed by atoms with E-state index in [9.17, 15) is 0 Å². The average Bonchev–Trinajstić information content (AvgIpc) is 3.39. The summed E-state index contributed by atoms with van der Waals surface area (Å²) in [4.78, 5) is 8.55. The van der Waals surface area contributed by atoms with Crippen LogP contribution in [0.2, 0.25) is 12.6 Å². The molecule has 140 valence electrons. The molecule has 0 N–H and O–H groups in total. The van der Waals surface area contributed by atoms with Crippen molar-refractivity contribution in [1.29, 1.82) is 5.26 Å². The van der Waals surface area contributed by atoms with Crippen molar-refractivity contribution < 1.29 is 4.74 Å². The number of rotatable bonds is 3. The highest BCUT2D eigenvalue weighted by molar-refractivity contribution is 7.20. The van der Waals surface area contributed by atoms with Crippen molar-refractivity contribution in [3.05, 3.63) is 30.2 Å². The van der Waals surface area contributed by atoms with Crippen LogP contribution in [0.5, 0.6) is 5.75 Å². The third-order valence-electron chi connectivity index (χ3n) is 5.56. The maximum absolute atomic E-state index is 9.09. The molecule has 0 saturated carbocycles. The molecular weight excluding hydrogens is 371 g/mol. The predicted octanol–water partition coefficient (Wildman–Crippen LogP) is 3.79. The van der Waals surface area contributed by atoms with Gasteiger partial charge in [0.15, 0.2) is 10.5 Å². The van der Waals surface area contributed by atoms with Gasteiger partial charge in [-0.1, -0.05) is 36.8 Å². The van der Waals surface area contributed by atoms with Crippen molar-refractivity contribution in [2.45, 2.75) is 31.4 Å². The number of methoxy groups -OCH3 is 1. The van der Waals surface area contributed by atoms with Crippen LogP contribution in [0.4, 0.5) is 0 Å². The summed E-state index contributed by atoms with van der Waals surface area (Å²) in [6.45, 7) is 0.220. The van der Waals surface area contributed by atoms with Gasteiger partial charge in [-0.05, 0) is 17.7 Å². The van der Waals surface area contributed by atoms with Gasteiger partial charge in [0.1, 0.15) is 11.3 Å². The molecule has 7 nitrogen and oxygen atoms in total. The Morgan fingerprint density at radius 1 is 1.25 bits per heavy atom. The summed E-state index contributed by atoms with van der Waals surface area (Å²) >= 11 is 1.66. The Hall–Kier alpha value is -2.86. The van der Waals surface area contributed by atoms with Crippen LogP contribution in [-0.2, 0) is 7.05 Å².